The van der Waals surface area contributed by atoms with Crippen LogP contribution < -0.4 is 0 Å². The van der Waals surface area contributed by atoms with E-state index in [0.717, 1.165) is 9.35 Å². The summed E-state index contributed by atoms with van der Waals surface area (Å²) in [5, 5.41) is 0.433. The molecule has 0 N–H and O–H groups in total. The van der Waals surface area contributed by atoms with Crippen molar-refractivity contribution in [1.82, 2.24) is 0 Å². The summed E-state index contributed by atoms with van der Waals surface area (Å²) in [5.41, 5.74) is 1.34. The molecule has 18 heavy (non-hydrogen) atoms. The Morgan fingerprint density at radius 2 is 2.17 bits per heavy atom. The van der Waals surface area contributed by atoms with Crippen LogP contribution in [-0.4, -0.2) is 5.78 Å². The van der Waals surface area contributed by atoms with E-state index in [1.165, 1.54) is 29.5 Å². The molecule has 2 aromatic rings. The SMILES string of the molecule is Cc1cc(C(=O)Cc2cc(Cl)ccc2F)sc1Br. The zero-order valence-corrected chi connectivity index (χ0v) is 12.6. The lowest BCUT2D eigenvalue weighted by atomic mass is 10.1. The van der Waals surface area contributed by atoms with Crippen molar-refractivity contribution < 1.29 is 9.18 Å². The van der Waals surface area contributed by atoms with Crippen molar-refractivity contribution in [3.8, 4) is 0 Å². The van der Waals surface area contributed by atoms with Gasteiger partial charge in [0.15, 0.2) is 5.78 Å². The lowest BCUT2D eigenvalue weighted by Crippen LogP contribution is -2.03. The number of hydrogen-bond donors (Lipinski definition) is 0. The first-order chi connectivity index (χ1) is 8.47. The van der Waals surface area contributed by atoms with Gasteiger partial charge in [-0.1, -0.05) is 11.6 Å². The monoisotopic (exact) mass is 346 g/mol. The number of aryl methyl sites for hydroxylation is 1. The van der Waals surface area contributed by atoms with Gasteiger partial charge in [-0.3, -0.25) is 4.79 Å². The first-order valence-electron chi connectivity index (χ1n) is 5.20. The molecule has 0 aliphatic carbocycles. The predicted octanol–water partition coefficient (Wildman–Crippen LogP) is 5.04. The molecule has 2 rings (SSSR count). The highest BCUT2D eigenvalue weighted by Crippen LogP contribution is 2.28. The van der Waals surface area contributed by atoms with Gasteiger partial charge in [0.25, 0.3) is 0 Å². The Hall–Kier alpha value is -0.710. The van der Waals surface area contributed by atoms with Crippen LogP contribution in [0.1, 0.15) is 20.8 Å². The molecule has 0 spiro atoms. The van der Waals surface area contributed by atoms with Crippen molar-refractivity contribution in [2.75, 3.05) is 0 Å². The highest BCUT2D eigenvalue weighted by Gasteiger charge is 2.14. The number of carbonyl (C=O) groups is 1. The lowest BCUT2D eigenvalue weighted by Gasteiger charge is -2.02. The van der Waals surface area contributed by atoms with Crippen molar-refractivity contribution in [1.29, 1.82) is 0 Å². The highest BCUT2D eigenvalue weighted by atomic mass is 79.9. The van der Waals surface area contributed by atoms with E-state index in [4.69, 9.17) is 11.6 Å². The summed E-state index contributed by atoms with van der Waals surface area (Å²) in [7, 11) is 0. The quantitative estimate of drug-likeness (QED) is 0.711. The van der Waals surface area contributed by atoms with Crippen LogP contribution in [0.4, 0.5) is 4.39 Å². The average Bonchev–Trinajstić information content (AvgIpc) is 2.64. The van der Waals surface area contributed by atoms with Crippen molar-refractivity contribution in [3.63, 3.8) is 0 Å². The second-order valence-corrected chi connectivity index (χ2v) is 6.71. The first-order valence-corrected chi connectivity index (χ1v) is 7.19. The molecular formula is C13H9BrClFOS. The van der Waals surface area contributed by atoms with Crippen LogP contribution >= 0.6 is 38.9 Å². The Morgan fingerprint density at radius 1 is 1.44 bits per heavy atom. The maximum absolute atomic E-state index is 13.5. The van der Waals surface area contributed by atoms with Crippen LogP contribution in [0.5, 0.6) is 0 Å². The van der Waals surface area contributed by atoms with Crippen LogP contribution in [0.15, 0.2) is 28.1 Å². The molecule has 0 saturated carbocycles. The van der Waals surface area contributed by atoms with E-state index in [1.807, 2.05) is 6.92 Å². The third-order valence-corrected chi connectivity index (χ3v) is 4.90. The number of ketones is 1. The molecule has 1 nitrogen and oxygen atoms in total. The summed E-state index contributed by atoms with van der Waals surface area (Å²) in [6.07, 6.45) is 0.0266. The standard InChI is InChI=1S/C13H9BrClFOS/c1-7-4-12(18-13(7)14)11(17)6-8-5-9(15)2-3-10(8)16/h2-5H,6H2,1H3. The molecule has 0 aliphatic rings. The molecule has 94 valence electrons. The van der Waals surface area contributed by atoms with Gasteiger partial charge in [-0.2, -0.15) is 0 Å². The molecule has 0 unspecified atom stereocenters. The first kappa shape index (κ1) is 13.7. The summed E-state index contributed by atoms with van der Waals surface area (Å²) in [5.74, 6) is -0.505. The molecule has 1 aromatic heterocycles. The topological polar surface area (TPSA) is 17.1 Å². The Balaban J connectivity index is 2.23. The number of thiophene rings is 1. The summed E-state index contributed by atoms with van der Waals surface area (Å²) in [6.45, 7) is 1.91. The van der Waals surface area contributed by atoms with Crippen LogP contribution in [0.2, 0.25) is 5.02 Å². The minimum absolute atomic E-state index is 0.0266. The van der Waals surface area contributed by atoms with E-state index >= 15 is 0 Å². The number of hydrogen-bond acceptors (Lipinski definition) is 2. The molecule has 5 heteroatoms. The van der Waals surface area contributed by atoms with Gasteiger partial charge in [-0.15, -0.1) is 11.3 Å². The van der Waals surface area contributed by atoms with Crippen LogP contribution in [0, 0.1) is 12.7 Å². The summed E-state index contributed by atoms with van der Waals surface area (Å²) < 4.78 is 14.4. The Morgan fingerprint density at radius 3 is 2.78 bits per heavy atom. The Labute approximate surface area is 122 Å². The van der Waals surface area contributed by atoms with Crippen molar-refractivity contribution >= 4 is 44.7 Å². The molecule has 0 saturated heterocycles. The third-order valence-electron chi connectivity index (χ3n) is 2.49. The number of rotatable bonds is 3. The van der Waals surface area contributed by atoms with Gasteiger partial charge in [0.05, 0.1) is 8.66 Å². The van der Waals surface area contributed by atoms with E-state index in [0.29, 0.717) is 15.5 Å². The van der Waals surface area contributed by atoms with Gasteiger partial charge >= 0.3 is 0 Å². The van der Waals surface area contributed by atoms with Gasteiger partial charge in [-0.25, -0.2) is 4.39 Å². The molecule has 0 radical (unpaired) electrons. The van der Waals surface area contributed by atoms with E-state index in [1.54, 1.807) is 6.07 Å². The van der Waals surface area contributed by atoms with Crippen LogP contribution in [0.3, 0.4) is 0 Å². The largest absolute Gasteiger partial charge is 0.293 e. The predicted molar refractivity (Wildman–Crippen MR) is 76.2 cm³/mol. The number of Topliss-reactive ketones (excluding diaryl/α,β-unsaturated/α-hetero) is 1. The highest BCUT2D eigenvalue weighted by molar-refractivity contribution is 9.11. The van der Waals surface area contributed by atoms with E-state index in [9.17, 15) is 9.18 Å². The fraction of sp³-hybridized carbons (Fsp3) is 0.154. The van der Waals surface area contributed by atoms with Gasteiger partial charge in [-0.05, 0) is 58.2 Å². The third kappa shape index (κ3) is 2.99. The van der Waals surface area contributed by atoms with Gasteiger partial charge in [0.1, 0.15) is 5.82 Å². The summed E-state index contributed by atoms with van der Waals surface area (Å²) >= 11 is 10.5. The smallest absolute Gasteiger partial charge is 0.177 e. The minimum atomic E-state index is -0.403. The zero-order chi connectivity index (χ0) is 13.3. The molecule has 1 aromatic carbocycles. The zero-order valence-electron chi connectivity index (χ0n) is 9.47. The maximum Gasteiger partial charge on any atom is 0.177 e. The molecular weight excluding hydrogens is 339 g/mol. The molecule has 0 amide bonds. The Kier molecular flexibility index (Phi) is 4.20. The molecule has 0 bridgehead atoms. The van der Waals surface area contributed by atoms with Crippen LogP contribution in [-0.2, 0) is 6.42 Å². The number of carbonyl (C=O) groups excluding carboxylic acids is 1. The van der Waals surface area contributed by atoms with Crippen LogP contribution in [0.25, 0.3) is 0 Å². The fourth-order valence-corrected chi connectivity index (χ4v) is 3.20. The normalized spacial score (nSPS) is 10.7. The molecule has 0 aliphatic heterocycles. The second-order valence-electron chi connectivity index (χ2n) is 3.90. The number of halogens is 3. The second kappa shape index (κ2) is 5.51. The van der Waals surface area contributed by atoms with Crippen molar-refractivity contribution in [2.24, 2.45) is 0 Å². The lowest BCUT2D eigenvalue weighted by molar-refractivity contribution is 0.0995. The fourth-order valence-electron chi connectivity index (χ4n) is 1.54. The number of benzene rings is 1. The average molecular weight is 348 g/mol. The van der Waals surface area contributed by atoms with Crippen molar-refractivity contribution in [2.45, 2.75) is 13.3 Å². The van der Waals surface area contributed by atoms with Crippen molar-refractivity contribution in [3.05, 3.63) is 54.9 Å². The molecule has 1 heterocycles. The van der Waals surface area contributed by atoms with Gasteiger partial charge in [0, 0.05) is 11.4 Å². The summed E-state index contributed by atoms with van der Waals surface area (Å²) in [4.78, 5) is 12.6. The van der Waals surface area contributed by atoms with E-state index in [2.05, 4.69) is 15.9 Å². The summed E-state index contributed by atoms with van der Waals surface area (Å²) in [6, 6.07) is 6.04. The van der Waals surface area contributed by atoms with Gasteiger partial charge < -0.3 is 0 Å². The molecule has 0 atom stereocenters. The van der Waals surface area contributed by atoms with Gasteiger partial charge in [0.2, 0.25) is 0 Å². The Bertz CT molecular complexity index is 590. The van der Waals surface area contributed by atoms with E-state index < -0.39 is 5.82 Å². The molecule has 0 fully saturated rings. The maximum atomic E-state index is 13.5. The minimum Gasteiger partial charge on any atom is -0.293 e. The van der Waals surface area contributed by atoms with E-state index in [-0.39, 0.29) is 12.2 Å².